The third kappa shape index (κ3) is 1.38. The number of nitrogens with zero attached hydrogens (tertiary/aromatic N) is 1. The molecule has 0 amide bonds. The zero-order chi connectivity index (χ0) is 11.3. The molecule has 84 valence electrons. The van der Waals surface area contributed by atoms with E-state index in [2.05, 4.69) is 9.97 Å². The molecule has 2 heterocycles. The monoisotopic (exact) mass is 258 g/mol. The molecule has 6 heteroatoms. The number of nitrogens with one attached hydrogen (secondary N) is 1. The van der Waals surface area contributed by atoms with Gasteiger partial charge in [-0.25, -0.2) is 9.37 Å². The first-order valence-corrected chi connectivity index (χ1v) is 6.24. The summed E-state index contributed by atoms with van der Waals surface area (Å²) in [5.74, 6) is -0.0981. The number of H-pyrrole nitrogens is 1. The molecule has 0 spiro atoms. The fraction of sp³-hybridized carbons (Fsp3) is 0.400. The Labute approximate surface area is 99.3 Å². The molecule has 3 nitrogen and oxygen atoms in total. The van der Waals surface area contributed by atoms with Gasteiger partial charge in [0, 0.05) is 4.88 Å². The number of hydrogen-bond acceptors (Lipinski definition) is 3. The zero-order valence-corrected chi connectivity index (χ0v) is 9.79. The van der Waals surface area contributed by atoms with Gasteiger partial charge < -0.3 is 4.98 Å². The lowest BCUT2D eigenvalue weighted by molar-refractivity contribution is 0.441. The van der Waals surface area contributed by atoms with E-state index in [1.54, 1.807) is 0 Å². The molecule has 0 aliphatic heterocycles. The van der Waals surface area contributed by atoms with E-state index in [4.69, 9.17) is 11.6 Å². The van der Waals surface area contributed by atoms with Crippen LogP contribution >= 0.6 is 22.9 Å². The van der Waals surface area contributed by atoms with Gasteiger partial charge in [0.05, 0.1) is 5.39 Å². The molecule has 2 aromatic heterocycles. The van der Waals surface area contributed by atoms with Crippen molar-refractivity contribution in [2.75, 3.05) is 0 Å². The summed E-state index contributed by atoms with van der Waals surface area (Å²) < 4.78 is 12.9. The van der Waals surface area contributed by atoms with Crippen LogP contribution in [0.5, 0.6) is 0 Å². The third-order valence-electron chi connectivity index (χ3n) is 2.80. The SMILES string of the molecule is O=c1[nH]c(C(F)Cl)nc2sc3c(c12)CCC3. The average Bonchev–Trinajstić information content (AvgIpc) is 2.75. The topological polar surface area (TPSA) is 45.8 Å². The van der Waals surface area contributed by atoms with Gasteiger partial charge in [-0.3, -0.25) is 4.79 Å². The maximum Gasteiger partial charge on any atom is 0.260 e. The van der Waals surface area contributed by atoms with Crippen LogP contribution in [0.1, 0.15) is 28.3 Å². The van der Waals surface area contributed by atoms with Gasteiger partial charge in [-0.1, -0.05) is 11.6 Å². The van der Waals surface area contributed by atoms with Crippen LogP contribution in [0.4, 0.5) is 4.39 Å². The van der Waals surface area contributed by atoms with Gasteiger partial charge in [-0.15, -0.1) is 11.3 Å². The second-order valence-corrected chi connectivity index (χ2v) is 5.26. The van der Waals surface area contributed by atoms with Gasteiger partial charge in [-0.05, 0) is 24.8 Å². The van der Waals surface area contributed by atoms with Gasteiger partial charge in [0.15, 0.2) is 5.82 Å². The van der Waals surface area contributed by atoms with E-state index in [9.17, 15) is 9.18 Å². The second-order valence-electron chi connectivity index (χ2n) is 3.79. The van der Waals surface area contributed by atoms with Crippen molar-refractivity contribution in [1.29, 1.82) is 0 Å². The van der Waals surface area contributed by atoms with Crippen LogP contribution in [0, 0.1) is 0 Å². The molecular formula is C10H8ClFN2OS. The molecule has 1 unspecified atom stereocenters. The number of aromatic nitrogens is 2. The number of fused-ring (bicyclic) bond motifs is 3. The van der Waals surface area contributed by atoms with Crippen LogP contribution in [0.15, 0.2) is 4.79 Å². The van der Waals surface area contributed by atoms with Crippen molar-refractivity contribution in [3.05, 3.63) is 26.6 Å². The van der Waals surface area contributed by atoms with E-state index in [1.165, 1.54) is 16.2 Å². The van der Waals surface area contributed by atoms with E-state index >= 15 is 0 Å². The summed E-state index contributed by atoms with van der Waals surface area (Å²) in [7, 11) is 0. The van der Waals surface area contributed by atoms with Crippen molar-refractivity contribution in [3.8, 4) is 0 Å². The molecule has 1 atom stereocenters. The minimum Gasteiger partial charge on any atom is -0.306 e. The van der Waals surface area contributed by atoms with Crippen LogP contribution in [0.25, 0.3) is 10.2 Å². The first kappa shape index (κ1) is 10.2. The van der Waals surface area contributed by atoms with E-state index in [-0.39, 0.29) is 11.4 Å². The van der Waals surface area contributed by atoms with E-state index in [1.807, 2.05) is 0 Å². The smallest absolute Gasteiger partial charge is 0.260 e. The summed E-state index contributed by atoms with van der Waals surface area (Å²) in [6.07, 6.45) is 2.99. The first-order chi connectivity index (χ1) is 7.66. The molecule has 16 heavy (non-hydrogen) atoms. The molecule has 3 rings (SSSR count). The molecule has 1 aliphatic rings. The molecule has 1 aliphatic carbocycles. The Morgan fingerprint density at radius 1 is 1.50 bits per heavy atom. The van der Waals surface area contributed by atoms with Gasteiger partial charge in [0.25, 0.3) is 5.56 Å². The number of halogens is 2. The molecule has 0 bridgehead atoms. The maximum absolute atomic E-state index is 12.9. The van der Waals surface area contributed by atoms with Crippen LogP contribution in [-0.2, 0) is 12.8 Å². The van der Waals surface area contributed by atoms with Gasteiger partial charge in [-0.2, -0.15) is 0 Å². The van der Waals surface area contributed by atoms with Crippen LogP contribution < -0.4 is 5.56 Å². The van der Waals surface area contributed by atoms with Crippen molar-refractivity contribution in [2.24, 2.45) is 0 Å². The summed E-state index contributed by atoms with van der Waals surface area (Å²) >= 11 is 6.75. The molecule has 2 aromatic rings. The molecule has 0 aromatic carbocycles. The largest absolute Gasteiger partial charge is 0.306 e. The molecule has 0 saturated carbocycles. The lowest BCUT2D eigenvalue weighted by Gasteiger charge is -1.99. The highest BCUT2D eigenvalue weighted by atomic mass is 35.5. The van der Waals surface area contributed by atoms with E-state index in [0.717, 1.165) is 24.8 Å². The number of thiophene rings is 1. The Kier molecular flexibility index (Phi) is 2.26. The van der Waals surface area contributed by atoms with Crippen molar-refractivity contribution >= 4 is 33.2 Å². The van der Waals surface area contributed by atoms with Gasteiger partial charge in [0.2, 0.25) is 5.63 Å². The Hall–Kier alpha value is -0.940. The summed E-state index contributed by atoms with van der Waals surface area (Å²) in [5.41, 5.74) is -0.943. The molecule has 0 radical (unpaired) electrons. The van der Waals surface area contributed by atoms with Crippen LogP contribution in [-0.4, -0.2) is 9.97 Å². The summed E-state index contributed by atoms with van der Waals surface area (Å²) in [4.78, 5) is 20.1. The van der Waals surface area contributed by atoms with Gasteiger partial charge in [0.1, 0.15) is 4.83 Å². The van der Waals surface area contributed by atoms with Crippen molar-refractivity contribution in [2.45, 2.75) is 24.9 Å². The Morgan fingerprint density at radius 3 is 3.06 bits per heavy atom. The third-order valence-corrected chi connectivity index (χ3v) is 4.19. The second kappa shape index (κ2) is 3.53. The van der Waals surface area contributed by atoms with E-state index < -0.39 is 5.63 Å². The molecule has 0 saturated heterocycles. The fourth-order valence-electron chi connectivity index (χ4n) is 2.12. The van der Waals surface area contributed by atoms with E-state index in [0.29, 0.717) is 10.2 Å². The number of hydrogen-bond donors (Lipinski definition) is 1. The number of alkyl halides is 2. The highest BCUT2D eigenvalue weighted by molar-refractivity contribution is 7.18. The Bertz CT molecular complexity index is 619. The Balaban J connectivity index is 2.34. The Morgan fingerprint density at radius 2 is 2.31 bits per heavy atom. The molecular weight excluding hydrogens is 251 g/mol. The predicted molar refractivity (Wildman–Crippen MR) is 62.0 cm³/mol. The van der Waals surface area contributed by atoms with Crippen LogP contribution in [0.2, 0.25) is 0 Å². The standard InChI is InChI=1S/C10H8ClFN2OS/c11-7(12)8-13-9(15)6-4-2-1-3-5(4)16-10(6)14-8/h7H,1-3H2,(H,13,14,15). The minimum absolute atomic E-state index is 0.0981. The van der Waals surface area contributed by atoms with Gasteiger partial charge >= 0.3 is 0 Å². The molecule has 0 fully saturated rings. The van der Waals surface area contributed by atoms with Crippen molar-refractivity contribution in [3.63, 3.8) is 0 Å². The normalized spacial score (nSPS) is 16.6. The number of aryl methyl sites for hydroxylation is 2. The van der Waals surface area contributed by atoms with Crippen molar-refractivity contribution in [1.82, 2.24) is 9.97 Å². The van der Waals surface area contributed by atoms with Crippen molar-refractivity contribution < 1.29 is 4.39 Å². The molecule has 1 N–H and O–H groups in total. The highest BCUT2D eigenvalue weighted by Crippen LogP contribution is 2.35. The quantitative estimate of drug-likeness (QED) is 0.800. The maximum atomic E-state index is 12.9. The highest BCUT2D eigenvalue weighted by Gasteiger charge is 2.22. The average molecular weight is 259 g/mol. The first-order valence-electron chi connectivity index (χ1n) is 4.99. The fourth-order valence-corrected chi connectivity index (χ4v) is 3.49. The minimum atomic E-state index is -1.76. The lowest BCUT2D eigenvalue weighted by Crippen LogP contribution is -2.11. The lowest BCUT2D eigenvalue weighted by atomic mass is 10.2. The summed E-state index contributed by atoms with van der Waals surface area (Å²) in [5, 5.41) is 0.624. The predicted octanol–water partition coefficient (Wildman–Crippen LogP) is 2.68. The summed E-state index contributed by atoms with van der Waals surface area (Å²) in [6, 6.07) is 0. The number of aromatic amines is 1. The zero-order valence-electron chi connectivity index (χ0n) is 8.22. The number of rotatable bonds is 1. The summed E-state index contributed by atoms with van der Waals surface area (Å²) in [6.45, 7) is 0. The van der Waals surface area contributed by atoms with Crippen LogP contribution in [0.3, 0.4) is 0 Å².